The summed E-state index contributed by atoms with van der Waals surface area (Å²) in [5.74, 6) is 1.29. The molecule has 1 saturated carbocycles. The van der Waals surface area contributed by atoms with Crippen molar-refractivity contribution in [1.82, 2.24) is 9.97 Å². The Kier molecular flexibility index (Phi) is 2.96. The Morgan fingerprint density at radius 2 is 2.25 bits per heavy atom. The number of hydrogen-bond acceptors (Lipinski definition) is 5. The number of aromatic nitrogens is 2. The first kappa shape index (κ1) is 11.1. The van der Waals surface area contributed by atoms with Gasteiger partial charge in [-0.05, 0) is 25.7 Å². The molecule has 0 amide bonds. The van der Waals surface area contributed by atoms with Crippen molar-refractivity contribution in [2.24, 2.45) is 0 Å². The molecular weight excluding hydrogens is 204 g/mol. The molecule has 1 aliphatic rings. The third-order valence-corrected chi connectivity index (χ3v) is 3.33. The Morgan fingerprint density at radius 1 is 1.50 bits per heavy atom. The van der Waals surface area contributed by atoms with Gasteiger partial charge in [-0.1, -0.05) is 6.92 Å². The van der Waals surface area contributed by atoms with Crippen LogP contribution in [0, 0.1) is 0 Å². The molecule has 1 aromatic heterocycles. The zero-order chi connectivity index (χ0) is 11.6. The van der Waals surface area contributed by atoms with Crippen molar-refractivity contribution < 1.29 is 5.11 Å². The molecule has 1 aromatic rings. The molecule has 0 radical (unpaired) electrons. The van der Waals surface area contributed by atoms with Crippen molar-refractivity contribution in [3.05, 3.63) is 11.9 Å². The van der Waals surface area contributed by atoms with Gasteiger partial charge in [0.2, 0.25) is 0 Å². The Labute approximate surface area is 95.1 Å². The molecule has 2 rings (SSSR count). The monoisotopic (exact) mass is 222 g/mol. The first-order valence-corrected chi connectivity index (χ1v) is 5.69. The second-order valence-corrected chi connectivity index (χ2v) is 4.36. The normalized spacial score (nSPS) is 17.9. The van der Waals surface area contributed by atoms with Crippen molar-refractivity contribution in [2.75, 3.05) is 17.7 Å². The Balaban J connectivity index is 2.23. The van der Waals surface area contributed by atoms with E-state index in [1.165, 1.54) is 6.33 Å². The van der Waals surface area contributed by atoms with Crippen molar-refractivity contribution in [3.8, 4) is 0 Å². The Bertz CT molecular complexity index is 371. The summed E-state index contributed by atoms with van der Waals surface area (Å²) in [6.45, 7) is 2.16. The quantitative estimate of drug-likeness (QED) is 0.706. The number of anilines is 2. The van der Waals surface area contributed by atoms with Gasteiger partial charge in [-0.25, -0.2) is 9.97 Å². The molecule has 16 heavy (non-hydrogen) atoms. The van der Waals surface area contributed by atoms with E-state index in [2.05, 4.69) is 15.3 Å². The highest BCUT2D eigenvalue weighted by atomic mass is 16.3. The molecule has 0 saturated heterocycles. The molecule has 5 nitrogen and oxygen atoms in total. The van der Waals surface area contributed by atoms with E-state index in [1.807, 2.05) is 6.92 Å². The highest BCUT2D eigenvalue weighted by Gasteiger charge is 2.37. The fourth-order valence-corrected chi connectivity index (χ4v) is 2.06. The van der Waals surface area contributed by atoms with Crippen LogP contribution in [-0.4, -0.2) is 27.2 Å². The first-order valence-electron chi connectivity index (χ1n) is 5.69. The van der Waals surface area contributed by atoms with Crippen LogP contribution in [0.4, 0.5) is 11.6 Å². The van der Waals surface area contributed by atoms with E-state index in [4.69, 9.17) is 5.73 Å². The predicted molar refractivity (Wildman–Crippen MR) is 63.1 cm³/mol. The van der Waals surface area contributed by atoms with Crippen LogP contribution >= 0.6 is 0 Å². The molecule has 1 aliphatic carbocycles. The van der Waals surface area contributed by atoms with Gasteiger partial charge >= 0.3 is 0 Å². The van der Waals surface area contributed by atoms with Gasteiger partial charge in [0.25, 0.3) is 0 Å². The minimum Gasteiger partial charge on any atom is -0.394 e. The van der Waals surface area contributed by atoms with E-state index in [0.717, 1.165) is 37.1 Å². The predicted octanol–water partition coefficient (Wildman–Crippen LogP) is 0.948. The summed E-state index contributed by atoms with van der Waals surface area (Å²) in [7, 11) is 0. The second kappa shape index (κ2) is 4.25. The molecule has 5 heteroatoms. The molecule has 0 aliphatic heterocycles. The molecule has 0 atom stereocenters. The van der Waals surface area contributed by atoms with E-state index < -0.39 is 0 Å². The lowest BCUT2D eigenvalue weighted by Gasteiger charge is -2.41. The van der Waals surface area contributed by atoms with Crippen molar-refractivity contribution in [1.29, 1.82) is 0 Å². The third-order valence-electron chi connectivity index (χ3n) is 3.33. The Hall–Kier alpha value is -1.36. The maximum Gasteiger partial charge on any atom is 0.135 e. The van der Waals surface area contributed by atoms with Gasteiger partial charge in [-0.15, -0.1) is 0 Å². The van der Waals surface area contributed by atoms with Crippen molar-refractivity contribution in [3.63, 3.8) is 0 Å². The van der Waals surface area contributed by atoms with Crippen LogP contribution in [0.3, 0.4) is 0 Å². The zero-order valence-electron chi connectivity index (χ0n) is 9.53. The average molecular weight is 222 g/mol. The number of rotatable bonds is 4. The summed E-state index contributed by atoms with van der Waals surface area (Å²) in [6.07, 6.45) is 5.36. The molecule has 88 valence electrons. The summed E-state index contributed by atoms with van der Waals surface area (Å²) in [5, 5.41) is 12.7. The number of nitrogens with zero attached hydrogens (tertiary/aromatic N) is 2. The lowest BCUT2D eigenvalue weighted by atomic mass is 9.77. The maximum atomic E-state index is 9.39. The summed E-state index contributed by atoms with van der Waals surface area (Å²) in [6, 6.07) is 0. The first-order chi connectivity index (χ1) is 7.71. The lowest BCUT2D eigenvalue weighted by molar-refractivity contribution is 0.143. The fourth-order valence-electron chi connectivity index (χ4n) is 2.06. The minimum atomic E-state index is -0.190. The van der Waals surface area contributed by atoms with Crippen LogP contribution in [0.25, 0.3) is 0 Å². The lowest BCUT2D eigenvalue weighted by Crippen LogP contribution is -2.48. The summed E-state index contributed by atoms with van der Waals surface area (Å²) in [4.78, 5) is 8.19. The number of hydrogen-bond donors (Lipinski definition) is 3. The van der Waals surface area contributed by atoms with E-state index >= 15 is 0 Å². The maximum absolute atomic E-state index is 9.39. The van der Waals surface area contributed by atoms with Crippen LogP contribution in [0.5, 0.6) is 0 Å². The van der Waals surface area contributed by atoms with E-state index in [9.17, 15) is 5.11 Å². The smallest absolute Gasteiger partial charge is 0.135 e. The van der Waals surface area contributed by atoms with E-state index in [0.29, 0.717) is 5.82 Å². The van der Waals surface area contributed by atoms with Gasteiger partial charge < -0.3 is 16.2 Å². The third kappa shape index (κ3) is 1.82. The number of aliphatic hydroxyl groups is 1. The number of aliphatic hydroxyl groups excluding tert-OH is 1. The summed E-state index contributed by atoms with van der Waals surface area (Å²) in [5.41, 5.74) is 6.54. The van der Waals surface area contributed by atoms with Crippen LogP contribution in [0.2, 0.25) is 0 Å². The van der Waals surface area contributed by atoms with Gasteiger partial charge in [0.05, 0.1) is 12.1 Å². The van der Waals surface area contributed by atoms with Gasteiger partial charge in [0.15, 0.2) is 0 Å². The topological polar surface area (TPSA) is 84.1 Å². The fraction of sp³-hybridized carbons (Fsp3) is 0.636. The highest BCUT2D eigenvalue weighted by Crippen LogP contribution is 2.35. The van der Waals surface area contributed by atoms with Gasteiger partial charge in [-0.3, -0.25) is 0 Å². The summed E-state index contributed by atoms with van der Waals surface area (Å²) >= 11 is 0. The molecule has 4 N–H and O–H groups in total. The number of nitrogens with two attached hydrogens (primary N) is 1. The van der Waals surface area contributed by atoms with Crippen LogP contribution in [0.1, 0.15) is 31.7 Å². The molecule has 0 unspecified atom stereocenters. The van der Waals surface area contributed by atoms with Crippen LogP contribution in [-0.2, 0) is 6.42 Å². The van der Waals surface area contributed by atoms with Crippen LogP contribution in [0.15, 0.2) is 6.33 Å². The molecule has 0 aromatic carbocycles. The molecule has 1 heterocycles. The average Bonchev–Trinajstić information content (AvgIpc) is 2.23. The van der Waals surface area contributed by atoms with E-state index in [1.54, 1.807) is 0 Å². The van der Waals surface area contributed by atoms with Crippen molar-refractivity contribution in [2.45, 2.75) is 38.1 Å². The highest BCUT2D eigenvalue weighted by molar-refractivity contribution is 5.56. The largest absolute Gasteiger partial charge is 0.394 e. The van der Waals surface area contributed by atoms with Gasteiger partial charge in [0.1, 0.15) is 18.0 Å². The zero-order valence-corrected chi connectivity index (χ0v) is 9.53. The number of nitrogens with one attached hydrogen (secondary N) is 1. The van der Waals surface area contributed by atoms with Crippen LogP contribution < -0.4 is 11.1 Å². The number of nitrogen functional groups attached to an aromatic ring is 1. The van der Waals surface area contributed by atoms with Gasteiger partial charge in [0, 0.05) is 5.56 Å². The molecule has 0 bridgehead atoms. The summed E-state index contributed by atoms with van der Waals surface area (Å²) < 4.78 is 0. The van der Waals surface area contributed by atoms with Gasteiger partial charge in [-0.2, -0.15) is 0 Å². The molecular formula is C11H18N4O. The SMILES string of the molecule is CCc1c(N)ncnc1NC1(CO)CCC1. The second-order valence-electron chi connectivity index (χ2n) is 4.36. The molecule has 0 spiro atoms. The van der Waals surface area contributed by atoms with E-state index in [-0.39, 0.29) is 12.1 Å². The minimum absolute atomic E-state index is 0.139. The standard InChI is InChI=1S/C11H18N4O/c1-2-8-9(12)13-7-14-10(8)15-11(6-16)4-3-5-11/h7,16H,2-6H2,1H3,(H3,12,13,14,15). The Morgan fingerprint density at radius 3 is 2.75 bits per heavy atom. The van der Waals surface area contributed by atoms with Crippen molar-refractivity contribution >= 4 is 11.6 Å². The molecule has 1 fully saturated rings.